The Bertz CT molecular complexity index is 461. The summed E-state index contributed by atoms with van der Waals surface area (Å²) in [5, 5.41) is 7.78. The number of hydrogen-bond donors (Lipinski definition) is 0. The lowest BCUT2D eigenvalue weighted by atomic mass is 10.1. The highest BCUT2D eigenvalue weighted by molar-refractivity contribution is 5.66. The van der Waals surface area contributed by atoms with Crippen LogP contribution in [0.2, 0.25) is 0 Å². The maximum Gasteiger partial charge on any atom is 0.0858 e. The molecule has 0 aliphatic carbocycles. The third-order valence-electron chi connectivity index (χ3n) is 2.17. The third kappa shape index (κ3) is 2.29. The zero-order valence-corrected chi connectivity index (χ0v) is 8.59. The van der Waals surface area contributed by atoms with Crippen LogP contribution in [0.4, 0.5) is 5.69 Å². The summed E-state index contributed by atoms with van der Waals surface area (Å²) < 4.78 is 0. The van der Waals surface area contributed by atoms with Crippen molar-refractivity contribution in [1.29, 1.82) is 0 Å². The van der Waals surface area contributed by atoms with Gasteiger partial charge < -0.3 is 0 Å². The van der Waals surface area contributed by atoms with Gasteiger partial charge in [-0.3, -0.25) is 0 Å². The predicted molar refractivity (Wildman–Crippen MR) is 62.3 cm³/mol. The van der Waals surface area contributed by atoms with Gasteiger partial charge in [-0.25, -0.2) is 0 Å². The van der Waals surface area contributed by atoms with Crippen molar-refractivity contribution in [3.8, 4) is 11.1 Å². The minimum absolute atomic E-state index is 0.888. The molecule has 2 aromatic rings. The maximum atomic E-state index is 4.02. The van der Waals surface area contributed by atoms with Gasteiger partial charge in [0.15, 0.2) is 0 Å². The van der Waals surface area contributed by atoms with Crippen molar-refractivity contribution < 1.29 is 0 Å². The summed E-state index contributed by atoms with van der Waals surface area (Å²) in [4.78, 5) is 0. The molecule has 0 radical (unpaired) electrons. The molecule has 74 valence electrons. The lowest BCUT2D eigenvalue weighted by Crippen LogP contribution is -1.75. The largest absolute Gasteiger partial charge is 0.192 e. The molecule has 2 nitrogen and oxygen atoms in total. The smallest absolute Gasteiger partial charge is 0.0858 e. The van der Waals surface area contributed by atoms with Crippen molar-refractivity contribution in [3.05, 3.63) is 54.6 Å². The van der Waals surface area contributed by atoms with E-state index in [4.69, 9.17) is 0 Å². The van der Waals surface area contributed by atoms with Gasteiger partial charge in [0.25, 0.3) is 0 Å². The van der Waals surface area contributed by atoms with Crippen LogP contribution < -0.4 is 0 Å². The molecule has 0 N–H and O–H groups in total. The first-order valence-corrected chi connectivity index (χ1v) is 4.85. The molecule has 0 aliphatic rings. The average molecular weight is 196 g/mol. The van der Waals surface area contributed by atoms with Crippen molar-refractivity contribution in [2.45, 2.75) is 0 Å². The Balaban J connectivity index is 2.41. The molecule has 0 spiro atoms. The fourth-order valence-corrected chi connectivity index (χ4v) is 1.49. The zero-order valence-electron chi connectivity index (χ0n) is 8.59. The van der Waals surface area contributed by atoms with Gasteiger partial charge in [0.2, 0.25) is 0 Å². The lowest BCUT2D eigenvalue weighted by molar-refractivity contribution is 1.17. The molecule has 0 fully saturated rings. The molecular weight excluding hydrogens is 184 g/mol. The van der Waals surface area contributed by atoms with Crippen LogP contribution in [-0.4, -0.2) is 7.05 Å². The van der Waals surface area contributed by atoms with Crippen molar-refractivity contribution in [3.63, 3.8) is 0 Å². The van der Waals surface area contributed by atoms with E-state index < -0.39 is 0 Å². The molecule has 0 saturated carbocycles. The Hall–Kier alpha value is -1.96. The van der Waals surface area contributed by atoms with Crippen LogP contribution in [0, 0.1) is 0 Å². The average Bonchev–Trinajstić information content (AvgIpc) is 2.31. The number of azo groups is 1. The molecule has 15 heavy (non-hydrogen) atoms. The monoisotopic (exact) mass is 196 g/mol. The Labute approximate surface area is 89.3 Å². The Kier molecular flexibility index (Phi) is 2.88. The van der Waals surface area contributed by atoms with Gasteiger partial charge in [-0.1, -0.05) is 42.5 Å². The van der Waals surface area contributed by atoms with E-state index in [9.17, 15) is 0 Å². The van der Waals surface area contributed by atoms with Crippen LogP contribution in [0.5, 0.6) is 0 Å². The summed E-state index contributed by atoms with van der Waals surface area (Å²) in [6, 6.07) is 18.3. The molecule has 0 heterocycles. The topological polar surface area (TPSA) is 24.7 Å². The molecular formula is C13H12N2. The van der Waals surface area contributed by atoms with E-state index in [-0.39, 0.29) is 0 Å². The Morgan fingerprint density at radius 2 is 1.53 bits per heavy atom. The highest BCUT2D eigenvalue weighted by Gasteiger charge is 1.96. The molecule has 2 rings (SSSR count). The van der Waals surface area contributed by atoms with E-state index in [1.807, 2.05) is 36.4 Å². The Morgan fingerprint density at radius 1 is 0.800 bits per heavy atom. The molecule has 2 heteroatoms. The number of rotatable bonds is 2. The van der Waals surface area contributed by atoms with Crippen LogP contribution in [0.25, 0.3) is 11.1 Å². The van der Waals surface area contributed by atoms with E-state index in [1.165, 1.54) is 11.1 Å². The zero-order chi connectivity index (χ0) is 10.5. The Morgan fingerprint density at radius 3 is 2.27 bits per heavy atom. The summed E-state index contributed by atoms with van der Waals surface area (Å²) in [5.41, 5.74) is 3.25. The first-order chi connectivity index (χ1) is 7.40. The second kappa shape index (κ2) is 4.51. The van der Waals surface area contributed by atoms with Gasteiger partial charge >= 0.3 is 0 Å². The summed E-state index contributed by atoms with van der Waals surface area (Å²) in [5.74, 6) is 0. The summed E-state index contributed by atoms with van der Waals surface area (Å²) in [7, 11) is 1.68. The quantitative estimate of drug-likeness (QED) is 0.647. The van der Waals surface area contributed by atoms with Gasteiger partial charge in [-0.05, 0) is 23.3 Å². The van der Waals surface area contributed by atoms with Crippen LogP contribution in [0.1, 0.15) is 0 Å². The van der Waals surface area contributed by atoms with Crippen LogP contribution >= 0.6 is 0 Å². The SMILES string of the molecule is CN=Nc1cccc(-c2ccccc2)c1. The van der Waals surface area contributed by atoms with Crippen LogP contribution in [0.3, 0.4) is 0 Å². The van der Waals surface area contributed by atoms with Gasteiger partial charge in [0, 0.05) is 7.05 Å². The molecule has 2 aromatic carbocycles. The maximum absolute atomic E-state index is 4.02. The minimum atomic E-state index is 0.888. The van der Waals surface area contributed by atoms with E-state index in [1.54, 1.807) is 7.05 Å². The van der Waals surface area contributed by atoms with Crippen molar-refractivity contribution in [2.75, 3.05) is 7.05 Å². The molecule has 0 atom stereocenters. The van der Waals surface area contributed by atoms with Crippen LogP contribution in [0.15, 0.2) is 64.8 Å². The van der Waals surface area contributed by atoms with E-state index >= 15 is 0 Å². The summed E-state index contributed by atoms with van der Waals surface area (Å²) in [6.45, 7) is 0. The summed E-state index contributed by atoms with van der Waals surface area (Å²) in [6.07, 6.45) is 0. The van der Waals surface area contributed by atoms with E-state index in [0.29, 0.717) is 0 Å². The molecule has 0 bridgehead atoms. The first kappa shape index (κ1) is 9.59. The van der Waals surface area contributed by atoms with Crippen LogP contribution in [-0.2, 0) is 0 Å². The fraction of sp³-hybridized carbons (Fsp3) is 0.0769. The van der Waals surface area contributed by atoms with Crippen molar-refractivity contribution in [1.82, 2.24) is 0 Å². The van der Waals surface area contributed by atoms with Gasteiger partial charge in [-0.15, -0.1) is 0 Å². The standard InChI is InChI=1S/C13H12N2/c1-14-15-13-9-5-8-12(10-13)11-6-3-2-4-7-11/h2-10H,1H3. The highest BCUT2D eigenvalue weighted by Crippen LogP contribution is 2.23. The molecule has 0 unspecified atom stereocenters. The predicted octanol–water partition coefficient (Wildman–Crippen LogP) is 4.07. The van der Waals surface area contributed by atoms with Gasteiger partial charge in [-0.2, -0.15) is 10.2 Å². The number of hydrogen-bond acceptors (Lipinski definition) is 2. The highest BCUT2D eigenvalue weighted by atomic mass is 15.1. The fourth-order valence-electron chi connectivity index (χ4n) is 1.49. The van der Waals surface area contributed by atoms with Crippen molar-refractivity contribution >= 4 is 5.69 Å². The second-order valence-corrected chi connectivity index (χ2v) is 3.22. The molecule has 0 aromatic heterocycles. The minimum Gasteiger partial charge on any atom is -0.192 e. The molecule has 0 saturated heterocycles. The van der Waals surface area contributed by atoms with E-state index in [2.05, 4.69) is 28.4 Å². The molecule has 0 amide bonds. The van der Waals surface area contributed by atoms with Gasteiger partial charge in [0.05, 0.1) is 5.69 Å². The second-order valence-electron chi connectivity index (χ2n) is 3.22. The third-order valence-corrected chi connectivity index (χ3v) is 2.17. The normalized spacial score (nSPS) is 10.7. The molecule has 0 aliphatic heterocycles. The number of benzene rings is 2. The lowest BCUT2D eigenvalue weighted by Gasteiger charge is -2.01. The van der Waals surface area contributed by atoms with Gasteiger partial charge in [0.1, 0.15) is 0 Å². The summed E-state index contributed by atoms with van der Waals surface area (Å²) >= 11 is 0. The van der Waals surface area contributed by atoms with E-state index in [0.717, 1.165) is 5.69 Å². The number of nitrogens with zero attached hydrogens (tertiary/aromatic N) is 2. The first-order valence-electron chi connectivity index (χ1n) is 4.85. The van der Waals surface area contributed by atoms with Crippen molar-refractivity contribution in [2.24, 2.45) is 10.2 Å².